The molecule has 4 nitrogen and oxygen atoms in total. The number of aliphatic hydroxyl groups excluding tert-OH is 2. The number of aliphatic carboxylic acids is 1. The molecule has 4 heteroatoms. The molecular formula is C12H28O4. The van der Waals surface area contributed by atoms with E-state index in [-0.39, 0.29) is 13.8 Å². The van der Waals surface area contributed by atoms with Crippen LogP contribution in [0.2, 0.25) is 0 Å². The number of carbonyl (C=O) groups is 1. The first-order chi connectivity index (χ1) is 7.08. The third-order valence-electron chi connectivity index (χ3n) is 1.79. The smallest absolute Gasteiger partial charge is 0.305 e. The minimum Gasteiger partial charge on any atom is -0.481 e. The van der Waals surface area contributed by atoms with Gasteiger partial charge in [0.25, 0.3) is 0 Å². The number of aliphatic hydroxyl groups is 2. The van der Waals surface area contributed by atoms with Crippen LogP contribution in [0.1, 0.15) is 59.8 Å². The molecule has 16 heavy (non-hydrogen) atoms. The van der Waals surface area contributed by atoms with E-state index in [2.05, 4.69) is 6.92 Å². The SMILES string of the molecule is C.CCCC(O)CC(=O)O.CCCCCO. The molecule has 0 rings (SSSR count). The fourth-order valence-corrected chi connectivity index (χ4v) is 0.999. The van der Waals surface area contributed by atoms with Crippen molar-refractivity contribution < 1.29 is 20.1 Å². The zero-order chi connectivity index (χ0) is 12.1. The average molecular weight is 236 g/mol. The molecule has 3 N–H and O–H groups in total. The number of unbranched alkanes of at least 4 members (excludes halogenated alkanes) is 2. The molecule has 0 fully saturated rings. The molecule has 0 aliphatic carbocycles. The summed E-state index contributed by atoms with van der Waals surface area (Å²) in [6, 6.07) is 0. The molecule has 0 radical (unpaired) electrons. The zero-order valence-electron chi connectivity index (χ0n) is 9.78. The summed E-state index contributed by atoms with van der Waals surface area (Å²) in [7, 11) is 0. The maximum Gasteiger partial charge on any atom is 0.305 e. The summed E-state index contributed by atoms with van der Waals surface area (Å²) in [4.78, 5) is 9.92. The molecule has 0 amide bonds. The first-order valence-corrected chi connectivity index (χ1v) is 5.59. The standard InChI is InChI=1S/C6H12O3.C5H12O.CH4/c1-2-3-5(7)4-6(8)9;1-2-3-4-5-6;/h5,7H,2-4H2,1H3,(H,8,9);6H,2-5H2,1H3;1H4. The normalized spacial score (nSPS) is 10.8. The lowest BCUT2D eigenvalue weighted by molar-refractivity contribution is -0.139. The molecule has 0 saturated heterocycles. The van der Waals surface area contributed by atoms with E-state index in [1.54, 1.807) is 0 Å². The Labute approximate surface area is 99.3 Å². The topological polar surface area (TPSA) is 77.8 Å². The van der Waals surface area contributed by atoms with Crippen LogP contribution in [-0.2, 0) is 4.79 Å². The van der Waals surface area contributed by atoms with Gasteiger partial charge >= 0.3 is 5.97 Å². The Morgan fingerprint density at radius 2 is 1.75 bits per heavy atom. The fourth-order valence-electron chi connectivity index (χ4n) is 0.999. The number of carboxylic acid groups (broad SMARTS) is 1. The summed E-state index contributed by atoms with van der Waals surface area (Å²) in [5, 5.41) is 25.2. The number of carboxylic acids is 1. The third-order valence-corrected chi connectivity index (χ3v) is 1.79. The summed E-state index contributed by atoms with van der Waals surface area (Å²) in [6.07, 6.45) is 3.94. The highest BCUT2D eigenvalue weighted by molar-refractivity contribution is 5.67. The minimum absolute atomic E-state index is 0. The molecule has 100 valence electrons. The summed E-state index contributed by atoms with van der Waals surface area (Å²) in [6.45, 7) is 4.38. The van der Waals surface area contributed by atoms with Crippen LogP contribution >= 0.6 is 0 Å². The van der Waals surface area contributed by atoms with Crippen molar-refractivity contribution in [1.82, 2.24) is 0 Å². The summed E-state index contributed by atoms with van der Waals surface area (Å²) in [5.74, 6) is -0.934. The van der Waals surface area contributed by atoms with Crippen molar-refractivity contribution in [2.75, 3.05) is 6.61 Å². The van der Waals surface area contributed by atoms with Gasteiger partial charge in [0.2, 0.25) is 0 Å². The lowest BCUT2D eigenvalue weighted by Crippen LogP contribution is -2.11. The Morgan fingerprint density at radius 1 is 1.19 bits per heavy atom. The molecular weight excluding hydrogens is 208 g/mol. The van der Waals surface area contributed by atoms with Gasteiger partial charge in [-0.25, -0.2) is 0 Å². The highest BCUT2D eigenvalue weighted by atomic mass is 16.4. The van der Waals surface area contributed by atoms with E-state index < -0.39 is 12.1 Å². The lowest BCUT2D eigenvalue weighted by atomic mass is 10.1. The number of hydrogen-bond acceptors (Lipinski definition) is 3. The monoisotopic (exact) mass is 236 g/mol. The van der Waals surface area contributed by atoms with Gasteiger partial charge in [-0.2, -0.15) is 0 Å². The molecule has 0 aromatic carbocycles. The molecule has 0 bridgehead atoms. The van der Waals surface area contributed by atoms with E-state index in [4.69, 9.17) is 15.3 Å². The third kappa shape index (κ3) is 23.3. The Morgan fingerprint density at radius 3 is 2.00 bits per heavy atom. The van der Waals surface area contributed by atoms with E-state index in [0.717, 1.165) is 19.3 Å². The van der Waals surface area contributed by atoms with Gasteiger partial charge < -0.3 is 15.3 Å². The maximum absolute atomic E-state index is 9.92. The molecule has 0 aliphatic rings. The van der Waals surface area contributed by atoms with Crippen LogP contribution in [0.3, 0.4) is 0 Å². The van der Waals surface area contributed by atoms with Gasteiger partial charge in [-0.05, 0) is 12.8 Å². The van der Waals surface area contributed by atoms with Gasteiger partial charge in [-0.3, -0.25) is 4.79 Å². The van der Waals surface area contributed by atoms with Gasteiger partial charge in [0.1, 0.15) is 0 Å². The first kappa shape index (κ1) is 20.8. The van der Waals surface area contributed by atoms with Crippen LogP contribution in [0.4, 0.5) is 0 Å². The molecule has 0 heterocycles. The van der Waals surface area contributed by atoms with Crippen molar-refractivity contribution in [3.8, 4) is 0 Å². The first-order valence-electron chi connectivity index (χ1n) is 5.59. The Balaban J connectivity index is -0.000000214. The molecule has 1 unspecified atom stereocenters. The quantitative estimate of drug-likeness (QED) is 0.593. The Kier molecular flexibility index (Phi) is 21.8. The minimum atomic E-state index is -0.934. The largest absolute Gasteiger partial charge is 0.481 e. The van der Waals surface area contributed by atoms with E-state index in [1.165, 1.54) is 6.42 Å². The fraction of sp³-hybridized carbons (Fsp3) is 0.917. The Hall–Kier alpha value is -0.610. The highest BCUT2D eigenvalue weighted by Gasteiger charge is 2.06. The summed E-state index contributed by atoms with van der Waals surface area (Å²) >= 11 is 0. The second-order valence-corrected chi connectivity index (χ2v) is 3.47. The second kappa shape index (κ2) is 16.8. The van der Waals surface area contributed by atoms with Crippen molar-refractivity contribution >= 4 is 5.97 Å². The average Bonchev–Trinajstić information content (AvgIpc) is 2.15. The van der Waals surface area contributed by atoms with Crippen LogP contribution in [0.15, 0.2) is 0 Å². The van der Waals surface area contributed by atoms with E-state index in [9.17, 15) is 4.79 Å². The predicted molar refractivity (Wildman–Crippen MR) is 66.5 cm³/mol. The number of hydrogen-bond donors (Lipinski definition) is 3. The van der Waals surface area contributed by atoms with Crippen LogP contribution in [-0.4, -0.2) is 34.0 Å². The Bertz CT molecular complexity index is 133. The van der Waals surface area contributed by atoms with Gasteiger partial charge in [0.15, 0.2) is 0 Å². The van der Waals surface area contributed by atoms with E-state index in [1.807, 2.05) is 6.92 Å². The molecule has 0 saturated carbocycles. The van der Waals surface area contributed by atoms with Crippen molar-refractivity contribution in [2.45, 2.75) is 65.9 Å². The van der Waals surface area contributed by atoms with Crippen LogP contribution in [0.5, 0.6) is 0 Å². The van der Waals surface area contributed by atoms with E-state index >= 15 is 0 Å². The van der Waals surface area contributed by atoms with Gasteiger partial charge in [0.05, 0.1) is 12.5 Å². The van der Waals surface area contributed by atoms with Crippen LogP contribution < -0.4 is 0 Å². The highest BCUT2D eigenvalue weighted by Crippen LogP contribution is 1.99. The van der Waals surface area contributed by atoms with Crippen molar-refractivity contribution in [3.05, 3.63) is 0 Å². The predicted octanol–water partition coefficient (Wildman–Crippen LogP) is 2.43. The van der Waals surface area contributed by atoms with Crippen molar-refractivity contribution in [3.63, 3.8) is 0 Å². The van der Waals surface area contributed by atoms with Crippen molar-refractivity contribution in [1.29, 1.82) is 0 Å². The van der Waals surface area contributed by atoms with Gasteiger partial charge in [-0.15, -0.1) is 0 Å². The number of rotatable bonds is 7. The molecule has 0 aliphatic heterocycles. The summed E-state index contributed by atoms with van der Waals surface area (Å²) in [5.41, 5.74) is 0. The molecule has 0 spiro atoms. The second-order valence-electron chi connectivity index (χ2n) is 3.47. The molecule has 0 aromatic heterocycles. The van der Waals surface area contributed by atoms with Crippen LogP contribution in [0.25, 0.3) is 0 Å². The van der Waals surface area contributed by atoms with Gasteiger partial charge in [-0.1, -0.05) is 40.5 Å². The van der Waals surface area contributed by atoms with Crippen LogP contribution in [0, 0.1) is 0 Å². The van der Waals surface area contributed by atoms with Gasteiger partial charge in [0, 0.05) is 6.61 Å². The zero-order valence-corrected chi connectivity index (χ0v) is 9.78. The maximum atomic E-state index is 9.92. The van der Waals surface area contributed by atoms with Crippen molar-refractivity contribution in [2.24, 2.45) is 0 Å². The molecule has 0 aromatic rings. The van der Waals surface area contributed by atoms with E-state index in [0.29, 0.717) is 13.0 Å². The lowest BCUT2D eigenvalue weighted by Gasteiger charge is -2.03. The summed E-state index contributed by atoms with van der Waals surface area (Å²) < 4.78 is 0. The molecule has 1 atom stereocenters.